The molecule has 2 heterocycles. The third kappa shape index (κ3) is 8.01. The minimum Gasteiger partial charge on any atom is -0.300 e. The highest BCUT2D eigenvalue weighted by molar-refractivity contribution is 8.01. The van der Waals surface area contributed by atoms with Gasteiger partial charge in [0.05, 0.1) is 16.3 Å². The van der Waals surface area contributed by atoms with Gasteiger partial charge in [0.1, 0.15) is 0 Å². The maximum Gasteiger partial charge on any atom is 0.259 e. The van der Waals surface area contributed by atoms with E-state index in [-0.39, 0.29) is 23.0 Å². The first-order valence-corrected chi connectivity index (χ1v) is 15.9. The Morgan fingerprint density at radius 3 is 2.10 bits per heavy atom. The number of nitrogens with one attached hydrogen (secondary N) is 2. The first-order chi connectivity index (χ1) is 18.5. The Kier molecular flexibility index (Phi) is 9.65. The minimum atomic E-state index is -0.372. The molecule has 0 bridgehead atoms. The van der Waals surface area contributed by atoms with Gasteiger partial charge in [-0.2, -0.15) is 0 Å². The number of hydrogen-bond acceptors (Lipinski definition) is 10. The van der Waals surface area contributed by atoms with Crippen molar-refractivity contribution in [3.8, 4) is 0 Å². The topological polar surface area (TPSA) is 110 Å². The average Bonchev–Trinajstić information content (AvgIpc) is 3.51. The van der Waals surface area contributed by atoms with Crippen LogP contribution in [0.15, 0.2) is 45.1 Å². The minimum absolute atomic E-state index is 0.108. The number of thioether (sulfide) groups is 2. The van der Waals surface area contributed by atoms with E-state index < -0.39 is 0 Å². The SMILES string of the molecule is Cc1cc(C(C)(C)C)cc(C)c1CSc1nnc(NC(=O)CSc2nnc(NC(=O)c3ccccc3Cl)s2)s1. The summed E-state index contributed by atoms with van der Waals surface area (Å²) in [7, 11) is 0. The van der Waals surface area contributed by atoms with E-state index in [9.17, 15) is 9.59 Å². The maximum absolute atomic E-state index is 12.5. The quantitative estimate of drug-likeness (QED) is 0.149. The molecular formula is C26H27ClN6O2S4. The molecule has 8 nitrogen and oxygen atoms in total. The number of benzene rings is 2. The molecule has 0 saturated carbocycles. The van der Waals surface area contributed by atoms with Crippen LogP contribution in [0.5, 0.6) is 0 Å². The number of rotatable bonds is 9. The largest absolute Gasteiger partial charge is 0.300 e. The van der Waals surface area contributed by atoms with Gasteiger partial charge in [-0.1, -0.05) is 103 Å². The molecular weight excluding hydrogens is 592 g/mol. The normalized spacial score (nSPS) is 11.4. The molecule has 4 rings (SSSR count). The Labute approximate surface area is 248 Å². The zero-order valence-electron chi connectivity index (χ0n) is 22.0. The summed E-state index contributed by atoms with van der Waals surface area (Å²) in [6.07, 6.45) is 0. The molecule has 39 heavy (non-hydrogen) atoms. The fourth-order valence-corrected chi connectivity index (χ4v) is 7.25. The van der Waals surface area contributed by atoms with Crippen molar-refractivity contribution in [2.24, 2.45) is 0 Å². The van der Waals surface area contributed by atoms with Crippen molar-refractivity contribution >= 4 is 79.9 Å². The molecule has 2 aromatic carbocycles. The summed E-state index contributed by atoms with van der Waals surface area (Å²) >= 11 is 11.4. The van der Waals surface area contributed by atoms with Gasteiger partial charge < -0.3 is 0 Å². The van der Waals surface area contributed by atoms with E-state index in [1.165, 1.54) is 56.7 Å². The lowest BCUT2D eigenvalue weighted by Crippen LogP contribution is -2.13. The summed E-state index contributed by atoms with van der Waals surface area (Å²) in [5.41, 5.74) is 5.62. The lowest BCUT2D eigenvalue weighted by atomic mass is 9.84. The van der Waals surface area contributed by atoms with Crippen LogP contribution in [0.3, 0.4) is 0 Å². The van der Waals surface area contributed by atoms with Crippen LogP contribution in [-0.4, -0.2) is 38.0 Å². The molecule has 0 unspecified atom stereocenters. The molecule has 2 N–H and O–H groups in total. The Morgan fingerprint density at radius 2 is 1.49 bits per heavy atom. The van der Waals surface area contributed by atoms with Gasteiger partial charge in [-0.05, 0) is 53.6 Å². The van der Waals surface area contributed by atoms with Crippen LogP contribution in [0, 0.1) is 13.8 Å². The molecule has 204 valence electrons. The van der Waals surface area contributed by atoms with E-state index in [1.807, 2.05) is 0 Å². The lowest BCUT2D eigenvalue weighted by molar-refractivity contribution is -0.113. The summed E-state index contributed by atoms with van der Waals surface area (Å²) in [4.78, 5) is 24.8. The van der Waals surface area contributed by atoms with Gasteiger partial charge in [-0.25, -0.2) is 0 Å². The van der Waals surface area contributed by atoms with Crippen molar-refractivity contribution in [2.75, 3.05) is 16.4 Å². The fraction of sp³-hybridized carbons (Fsp3) is 0.308. The molecule has 0 atom stereocenters. The van der Waals surface area contributed by atoms with Crippen LogP contribution in [0.25, 0.3) is 0 Å². The van der Waals surface area contributed by atoms with E-state index >= 15 is 0 Å². The smallest absolute Gasteiger partial charge is 0.259 e. The van der Waals surface area contributed by atoms with E-state index in [1.54, 1.807) is 36.0 Å². The first-order valence-electron chi connectivity index (χ1n) is 11.9. The molecule has 0 fully saturated rings. The predicted molar refractivity (Wildman–Crippen MR) is 163 cm³/mol. The second kappa shape index (κ2) is 12.8. The third-order valence-corrected chi connectivity index (χ3v) is 9.93. The molecule has 2 amide bonds. The number of carbonyl (C=O) groups is 2. The summed E-state index contributed by atoms with van der Waals surface area (Å²) in [5, 5.41) is 22.9. The zero-order chi connectivity index (χ0) is 28.2. The first kappa shape index (κ1) is 29.5. The highest BCUT2D eigenvalue weighted by Gasteiger charge is 2.18. The zero-order valence-corrected chi connectivity index (χ0v) is 26.0. The van der Waals surface area contributed by atoms with Gasteiger partial charge in [0.2, 0.25) is 16.2 Å². The number of amides is 2. The Morgan fingerprint density at radius 1 is 0.897 bits per heavy atom. The second-order valence-electron chi connectivity index (χ2n) is 9.64. The van der Waals surface area contributed by atoms with Crippen LogP contribution in [-0.2, 0) is 16.0 Å². The summed E-state index contributed by atoms with van der Waals surface area (Å²) in [6.45, 7) is 11.0. The molecule has 0 aliphatic heterocycles. The number of hydrogen-bond donors (Lipinski definition) is 2. The van der Waals surface area contributed by atoms with Crippen LogP contribution < -0.4 is 10.6 Å². The number of anilines is 2. The molecule has 0 aliphatic carbocycles. The van der Waals surface area contributed by atoms with Gasteiger partial charge in [-0.15, -0.1) is 20.4 Å². The van der Waals surface area contributed by atoms with Crippen molar-refractivity contribution in [1.82, 2.24) is 20.4 Å². The van der Waals surface area contributed by atoms with Crippen molar-refractivity contribution in [3.63, 3.8) is 0 Å². The number of nitrogens with zero attached hydrogens (tertiary/aromatic N) is 4. The standard InChI is InChI=1S/C26H27ClN6O2S4/c1-14-10-16(26(3,4)5)11-15(2)18(14)12-36-24-32-30-22(38-24)28-20(34)13-37-25-33-31-23(39-25)29-21(35)17-8-6-7-9-19(17)27/h6-11H,12-13H2,1-5H3,(H,28,30,34)(H,29,31,35). The van der Waals surface area contributed by atoms with Gasteiger partial charge in [0, 0.05) is 5.75 Å². The van der Waals surface area contributed by atoms with E-state index in [0.717, 1.165) is 10.1 Å². The van der Waals surface area contributed by atoms with Crippen molar-refractivity contribution in [2.45, 2.75) is 54.5 Å². The number of aryl methyl sites for hydroxylation is 2. The maximum atomic E-state index is 12.5. The van der Waals surface area contributed by atoms with Crippen LogP contribution >= 0.6 is 57.8 Å². The van der Waals surface area contributed by atoms with Gasteiger partial charge in [0.25, 0.3) is 5.91 Å². The Balaban J connectivity index is 1.26. The highest BCUT2D eigenvalue weighted by atomic mass is 35.5. The van der Waals surface area contributed by atoms with Gasteiger partial charge in [0.15, 0.2) is 8.68 Å². The fourth-order valence-electron chi connectivity index (χ4n) is 3.52. The Hall–Kier alpha value is -2.51. The average molecular weight is 619 g/mol. The molecule has 2 aromatic heterocycles. The van der Waals surface area contributed by atoms with E-state index in [0.29, 0.717) is 25.2 Å². The van der Waals surface area contributed by atoms with Crippen molar-refractivity contribution in [3.05, 3.63) is 69.2 Å². The number of halogens is 1. The summed E-state index contributed by atoms with van der Waals surface area (Å²) in [5.74, 6) is 0.304. The Bertz CT molecular complexity index is 1470. The van der Waals surface area contributed by atoms with Gasteiger partial charge >= 0.3 is 0 Å². The van der Waals surface area contributed by atoms with E-state index in [2.05, 4.69) is 77.8 Å². The monoisotopic (exact) mass is 618 g/mol. The highest BCUT2D eigenvalue weighted by Crippen LogP contribution is 2.33. The molecule has 0 spiro atoms. The molecule has 0 radical (unpaired) electrons. The summed E-state index contributed by atoms with van der Waals surface area (Å²) in [6, 6.07) is 11.3. The van der Waals surface area contributed by atoms with Crippen molar-refractivity contribution in [1.29, 1.82) is 0 Å². The van der Waals surface area contributed by atoms with Crippen LogP contribution in [0.2, 0.25) is 5.02 Å². The molecule has 0 aliphatic rings. The number of carbonyl (C=O) groups excluding carboxylic acids is 2. The van der Waals surface area contributed by atoms with Crippen LogP contribution in [0.4, 0.5) is 10.3 Å². The van der Waals surface area contributed by atoms with Gasteiger partial charge in [-0.3, -0.25) is 20.2 Å². The molecule has 4 aromatic rings. The second-order valence-corrected chi connectivity index (χ2v) is 14.5. The lowest BCUT2D eigenvalue weighted by Gasteiger charge is -2.22. The predicted octanol–water partition coefficient (Wildman–Crippen LogP) is 7.23. The van der Waals surface area contributed by atoms with Crippen LogP contribution in [0.1, 0.15) is 53.4 Å². The van der Waals surface area contributed by atoms with E-state index in [4.69, 9.17) is 11.6 Å². The third-order valence-electron chi connectivity index (χ3n) is 5.63. The van der Waals surface area contributed by atoms with Crippen molar-refractivity contribution < 1.29 is 9.59 Å². The molecule has 0 saturated heterocycles. The number of aromatic nitrogens is 4. The molecule has 13 heteroatoms. The summed E-state index contributed by atoms with van der Waals surface area (Å²) < 4.78 is 1.34.